The van der Waals surface area contributed by atoms with E-state index in [2.05, 4.69) is 19.2 Å². The zero-order chi connectivity index (χ0) is 15.2. The van der Waals surface area contributed by atoms with Crippen molar-refractivity contribution in [3.8, 4) is 11.1 Å². The molecule has 3 N–H and O–H groups in total. The number of nitrogens with one attached hydrogen (secondary N) is 1. The average Bonchev–Trinajstić information content (AvgIpc) is 2.47. The monoisotopic (exact) mass is 282 g/mol. The first-order valence-electron chi connectivity index (χ1n) is 7.30. The van der Waals surface area contributed by atoms with Gasteiger partial charge < -0.3 is 11.1 Å². The van der Waals surface area contributed by atoms with Gasteiger partial charge in [-0.1, -0.05) is 38.1 Å². The molecule has 0 unspecified atom stereocenters. The molecule has 0 saturated heterocycles. The van der Waals surface area contributed by atoms with Crippen LogP contribution >= 0.6 is 0 Å². The molecule has 0 aliphatic carbocycles. The van der Waals surface area contributed by atoms with Crippen molar-refractivity contribution in [1.82, 2.24) is 5.32 Å². The summed E-state index contributed by atoms with van der Waals surface area (Å²) < 4.78 is 0. The maximum atomic E-state index is 12.1. The summed E-state index contributed by atoms with van der Waals surface area (Å²) in [5, 5.41) is 2.96. The van der Waals surface area contributed by atoms with Crippen LogP contribution in [0.2, 0.25) is 0 Å². The Morgan fingerprint density at radius 3 is 2.48 bits per heavy atom. The first-order valence-corrected chi connectivity index (χ1v) is 7.30. The van der Waals surface area contributed by atoms with Crippen molar-refractivity contribution < 1.29 is 4.79 Å². The fourth-order valence-electron chi connectivity index (χ4n) is 2.09. The van der Waals surface area contributed by atoms with Gasteiger partial charge in [-0.05, 0) is 47.7 Å². The van der Waals surface area contributed by atoms with Gasteiger partial charge in [-0.2, -0.15) is 0 Å². The van der Waals surface area contributed by atoms with Gasteiger partial charge >= 0.3 is 0 Å². The van der Waals surface area contributed by atoms with E-state index in [1.807, 2.05) is 48.5 Å². The number of rotatable bonds is 5. The Labute approximate surface area is 126 Å². The lowest BCUT2D eigenvalue weighted by Gasteiger charge is -2.09. The summed E-state index contributed by atoms with van der Waals surface area (Å²) >= 11 is 0. The molecular formula is C18H22N2O. The van der Waals surface area contributed by atoms with Crippen LogP contribution in [0.5, 0.6) is 0 Å². The third-order valence-electron chi connectivity index (χ3n) is 3.38. The van der Waals surface area contributed by atoms with Gasteiger partial charge in [-0.15, -0.1) is 0 Å². The predicted molar refractivity (Wildman–Crippen MR) is 88.1 cm³/mol. The van der Waals surface area contributed by atoms with Crippen LogP contribution in [-0.2, 0) is 0 Å². The summed E-state index contributed by atoms with van der Waals surface area (Å²) in [7, 11) is 0. The number of hydrogen-bond acceptors (Lipinski definition) is 2. The Bertz CT molecular complexity index is 603. The summed E-state index contributed by atoms with van der Waals surface area (Å²) in [5.41, 5.74) is 9.20. The largest absolute Gasteiger partial charge is 0.399 e. The summed E-state index contributed by atoms with van der Waals surface area (Å²) in [6.07, 6.45) is 0.989. The van der Waals surface area contributed by atoms with Crippen LogP contribution in [0.4, 0.5) is 5.69 Å². The average molecular weight is 282 g/mol. The third-order valence-corrected chi connectivity index (χ3v) is 3.38. The van der Waals surface area contributed by atoms with Crippen LogP contribution < -0.4 is 11.1 Å². The lowest BCUT2D eigenvalue weighted by molar-refractivity contribution is 0.0952. The third kappa shape index (κ3) is 4.35. The zero-order valence-electron chi connectivity index (χ0n) is 12.6. The van der Waals surface area contributed by atoms with Gasteiger partial charge in [0.15, 0.2) is 0 Å². The van der Waals surface area contributed by atoms with E-state index in [4.69, 9.17) is 5.73 Å². The maximum absolute atomic E-state index is 12.1. The highest BCUT2D eigenvalue weighted by molar-refractivity contribution is 5.95. The molecule has 1 amide bonds. The second-order valence-corrected chi connectivity index (χ2v) is 5.64. The molecule has 0 aliphatic heterocycles. The van der Waals surface area contributed by atoms with Crippen LogP contribution in [0.3, 0.4) is 0 Å². The van der Waals surface area contributed by atoms with Gasteiger partial charge in [0, 0.05) is 17.8 Å². The number of carbonyl (C=O) groups is 1. The minimum Gasteiger partial charge on any atom is -0.399 e. The van der Waals surface area contributed by atoms with Crippen LogP contribution in [0, 0.1) is 5.92 Å². The maximum Gasteiger partial charge on any atom is 0.251 e. The molecule has 3 nitrogen and oxygen atoms in total. The number of nitrogen functional groups attached to an aromatic ring is 1. The smallest absolute Gasteiger partial charge is 0.251 e. The van der Waals surface area contributed by atoms with E-state index in [0.717, 1.165) is 23.2 Å². The number of carbonyl (C=O) groups excluding carboxylic acids is 1. The summed E-state index contributed by atoms with van der Waals surface area (Å²) in [6.45, 7) is 5.00. The molecule has 2 aromatic carbocycles. The first-order chi connectivity index (χ1) is 10.1. The Balaban J connectivity index is 2.10. The highest BCUT2D eigenvalue weighted by Gasteiger charge is 2.07. The molecule has 110 valence electrons. The van der Waals surface area contributed by atoms with Gasteiger partial charge in [0.1, 0.15) is 0 Å². The van der Waals surface area contributed by atoms with Crippen molar-refractivity contribution >= 4 is 11.6 Å². The summed E-state index contributed by atoms with van der Waals surface area (Å²) in [4.78, 5) is 12.1. The number of amides is 1. The van der Waals surface area contributed by atoms with E-state index in [0.29, 0.717) is 18.0 Å². The van der Waals surface area contributed by atoms with Crippen molar-refractivity contribution in [3.05, 3.63) is 54.1 Å². The van der Waals surface area contributed by atoms with Crippen LogP contribution in [-0.4, -0.2) is 12.5 Å². The van der Waals surface area contributed by atoms with Crippen molar-refractivity contribution in [2.75, 3.05) is 12.3 Å². The zero-order valence-corrected chi connectivity index (χ0v) is 12.6. The molecule has 0 aromatic heterocycles. The van der Waals surface area contributed by atoms with E-state index in [9.17, 15) is 4.79 Å². The summed E-state index contributed by atoms with van der Waals surface area (Å²) in [6, 6.07) is 15.3. The Morgan fingerprint density at radius 2 is 1.81 bits per heavy atom. The predicted octanol–water partition coefficient (Wildman–Crippen LogP) is 3.71. The SMILES string of the molecule is CC(C)CCNC(=O)c1cccc(-c2ccc(N)cc2)c1. The van der Waals surface area contributed by atoms with Crippen molar-refractivity contribution in [1.29, 1.82) is 0 Å². The standard InChI is InChI=1S/C18H22N2O/c1-13(2)10-11-20-18(21)16-5-3-4-15(12-16)14-6-8-17(19)9-7-14/h3-9,12-13H,10-11,19H2,1-2H3,(H,20,21). The molecular weight excluding hydrogens is 260 g/mol. The van der Waals surface area contributed by atoms with Crippen molar-refractivity contribution in [2.24, 2.45) is 5.92 Å². The molecule has 21 heavy (non-hydrogen) atoms. The van der Waals surface area contributed by atoms with Crippen molar-refractivity contribution in [2.45, 2.75) is 20.3 Å². The van der Waals surface area contributed by atoms with Gasteiger partial charge in [-0.3, -0.25) is 4.79 Å². The molecule has 0 heterocycles. The van der Waals surface area contributed by atoms with Gasteiger partial charge in [-0.25, -0.2) is 0 Å². The molecule has 0 radical (unpaired) electrons. The molecule has 2 aromatic rings. The number of hydrogen-bond donors (Lipinski definition) is 2. The van der Waals surface area contributed by atoms with Gasteiger partial charge in [0.05, 0.1) is 0 Å². The van der Waals surface area contributed by atoms with E-state index in [1.54, 1.807) is 0 Å². The number of anilines is 1. The highest BCUT2D eigenvalue weighted by Crippen LogP contribution is 2.21. The highest BCUT2D eigenvalue weighted by atomic mass is 16.1. The molecule has 3 heteroatoms. The number of nitrogens with two attached hydrogens (primary N) is 1. The van der Waals surface area contributed by atoms with Gasteiger partial charge in [0.25, 0.3) is 5.91 Å². The number of benzene rings is 2. The molecule has 0 spiro atoms. The van der Waals surface area contributed by atoms with Gasteiger partial charge in [0.2, 0.25) is 0 Å². The molecule has 0 fully saturated rings. The van der Waals surface area contributed by atoms with E-state index in [1.165, 1.54) is 0 Å². The van der Waals surface area contributed by atoms with E-state index >= 15 is 0 Å². The van der Waals surface area contributed by atoms with Crippen LogP contribution in [0.25, 0.3) is 11.1 Å². The fraction of sp³-hybridized carbons (Fsp3) is 0.278. The molecule has 0 bridgehead atoms. The van der Waals surface area contributed by atoms with E-state index in [-0.39, 0.29) is 5.91 Å². The lowest BCUT2D eigenvalue weighted by atomic mass is 10.0. The minimum absolute atomic E-state index is 0.0204. The Morgan fingerprint density at radius 1 is 1.10 bits per heavy atom. The second kappa shape index (κ2) is 6.93. The first kappa shape index (κ1) is 15.1. The molecule has 0 aliphatic rings. The quantitative estimate of drug-likeness (QED) is 0.821. The van der Waals surface area contributed by atoms with E-state index < -0.39 is 0 Å². The fourth-order valence-corrected chi connectivity index (χ4v) is 2.09. The topological polar surface area (TPSA) is 55.1 Å². The molecule has 2 rings (SSSR count). The van der Waals surface area contributed by atoms with Crippen molar-refractivity contribution in [3.63, 3.8) is 0 Å². The van der Waals surface area contributed by atoms with Crippen LogP contribution in [0.1, 0.15) is 30.6 Å². The summed E-state index contributed by atoms with van der Waals surface area (Å²) in [5.74, 6) is 0.569. The molecule has 0 atom stereocenters. The molecule has 0 saturated carbocycles. The normalized spacial score (nSPS) is 10.6. The second-order valence-electron chi connectivity index (χ2n) is 5.64. The minimum atomic E-state index is -0.0204. The van der Waals surface area contributed by atoms with Crippen LogP contribution in [0.15, 0.2) is 48.5 Å². The lowest BCUT2D eigenvalue weighted by Crippen LogP contribution is -2.25. The Hall–Kier alpha value is -2.29. The Kier molecular flexibility index (Phi) is 4.99.